The van der Waals surface area contributed by atoms with Gasteiger partial charge in [-0.2, -0.15) is 0 Å². The Kier molecular flexibility index (Phi) is 5.28. The highest BCUT2D eigenvalue weighted by Crippen LogP contribution is 2.24. The molecule has 1 rings (SSSR count). The van der Waals surface area contributed by atoms with Gasteiger partial charge in [0.05, 0.1) is 5.02 Å². The standard InChI is InChI=1S/C11H13ClFNO4S/c1-7-5-10(8(12)6-9(7)13)19(17,18)14-4-2-3-11(15)16/h5-6,14H,2-4H2,1H3,(H,15,16). The summed E-state index contributed by atoms with van der Waals surface area (Å²) >= 11 is 5.70. The number of aryl methyl sites for hydroxylation is 1. The maximum Gasteiger partial charge on any atom is 0.303 e. The van der Waals surface area contributed by atoms with Crippen LogP contribution in [-0.4, -0.2) is 26.0 Å². The molecule has 0 aliphatic heterocycles. The molecule has 19 heavy (non-hydrogen) atoms. The third kappa shape index (κ3) is 4.45. The van der Waals surface area contributed by atoms with Gasteiger partial charge in [-0.15, -0.1) is 0 Å². The van der Waals surface area contributed by atoms with Gasteiger partial charge in [0.25, 0.3) is 0 Å². The van der Waals surface area contributed by atoms with Crippen LogP contribution in [0.25, 0.3) is 0 Å². The molecule has 8 heteroatoms. The Hall–Kier alpha value is -1.18. The van der Waals surface area contributed by atoms with Gasteiger partial charge in [-0.3, -0.25) is 4.79 Å². The summed E-state index contributed by atoms with van der Waals surface area (Å²) in [4.78, 5) is 10.1. The fraction of sp³-hybridized carbons (Fsp3) is 0.364. The van der Waals surface area contributed by atoms with E-state index in [1.54, 1.807) is 0 Å². The van der Waals surface area contributed by atoms with Crippen LogP contribution in [0.5, 0.6) is 0 Å². The Morgan fingerprint density at radius 1 is 1.47 bits per heavy atom. The van der Waals surface area contributed by atoms with Crippen molar-refractivity contribution < 1.29 is 22.7 Å². The summed E-state index contributed by atoms with van der Waals surface area (Å²) in [5, 5.41) is 8.22. The topological polar surface area (TPSA) is 83.5 Å². The van der Waals surface area contributed by atoms with Crippen LogP contribution in [0.4, 0.5) is 4.39 Å². The van der Waals surface area contributed by atoms with Crippen LogP contribution in [0.15, 0.2) is 17.0 Å². The number of benzene rings is 1. The minimum Gasteiger partial charge on any atom is -0.481 e. The first-order chi connectivity index (χ1) is 8.74. The number of halogens is 2. The molecule has 0 fully saturated rings. The average molecular weight is 310 g/mol. The quantitative estimate of drug-likeness (QED) is 0.787. The van der Waals surface area contributed by atoms with E-state index in [0.29, 0.717) is 0 Å². The van der Waals surface area contributed by atoms with Crippen molar-refractivity contribution in [2.24, 2.45) is 0 Å². The molecule has 0 aromatic heterocycles. The fourth-order valence-corrected chi connectivity index (χ4v) is 3.03. The SMILES string of the molecule is Cc1cc(S(=O)(=O)NCCCC(=O)O)c(Cl)cc1F. The number of hydrogen-bond donors (Lipinski definition) is 2. The number of carbonyl (C=O) groups is 1. The summed E-state index contributed by atoms with van der Waals surface area (Å²) in [6, 6.07) is 2.07. The molecule has 0 radical (unpaired) electrons. The average Bonchev–Trinajstić information content (AvgIpc) is 2.29. The van der Waals surface area contributed by atoms with Crippen molar-refractivity contribution in [3.8, 4) is 0 Å². The Morgan fingerprint density at radius 3 is 2.68 bits per heavy atom. The van der Waals surface area contributed by atoms with Gasteiger partial charge in [0.1, 0.15) is 10.7 Å². The van der Waals surface area contributed by atoms with Crippen LogP contribution in [0.3, 0.4) is 0 Å². The largest absolute Gasteiger partial charge is 0.481 e. The predicted octanol–water partition coefficient (Wildman–Crippen LogP) is 1.93. The maximum absolute atomic E-state index is 13.2. The molecular weight excluding hydrogens is 297 g/mol. The lowest BCUT2D eigenvalue weighted by atomic mass is 10.2. The van der Waals surface area contributed by atoms with E-state index in [2.05, 4.69) is 4.72 Å². The number of rotatable bonds is 6. The molecular formula is C11H13ClFNO4S. The highest BCUT2D eigenvalue weighted by Gasteiger charge is 2.19. The van der Waals surface area contributed by atoms with E-state index >= 15 is 0 Å². The summed E-state index contributed by atoms with van der Waals surface area (Å²) in [7, 11) is -3.87. The second-order valence-electron chi connectivity index (χ2n) is 3.93. The Labute approximate surface area is 115 Å². The predicted molar refractivity (Wildman–Crippen MR) is 68.2 cm³/mol. The van der Waals surface area contributed by atoms with Crippen molar-refractivity contribution in [3.05, 3.63) is 28.5 Å². The van der Waals surface area contributed by atoms with Crippen LogP contribution < -0.4 is 4.72 Å². The summed E-state index contributed by atoms with van der Waals surface area (Å²) in [6.07, 6.45) is 0.0189. The minimum atomic E-state index is -3.87. The monoisotopic (exact) mass is 309 g/mol. The molecule has 1 aromatic rings. The molecule has 0 saturated carbocycles. The first-order valence-corrected chi connectivity index (χ1v) is 7.27. The van der Waals surface area contributed by atoms with Gasteiger partial charge >= 0.3 is 5.97 Å². The molecule has 1 aromatic carbocycles. The fourth-order valence-electron chi connectivity index (χ4n) is 1.36. The number of nitrogens with one attached hydrogen (secondary N) is 1. The first kappa shape index (κ1) is 15.9. The second kappa shape index (κ2) is 6.31. The summed E-state index contributed by atoms with van der Waals surface area (Å²) in [5.41, 5.74) is 0.162. The Bertz CT molecular complexity index is 589. The summed E-state index contributed by atoms with van der Waals surface area (Å²) in [6.45, 7) is 1.40. The van der Waals surface area contributed by atoms with E-state index in [-0.39, 0.29) is 34.9 Å². The molecule has 0 unspecified atom stereocenters. The molecule has 0 spiro atoms. The molecule has 0 saturated heterocycles. The number of hydrogen-bond acceptors (Lipinski definition) is 3. The lowest BCUT2D eigenvalue weighted by molar-refractivity contribution is -0.137. The minimum absolute atomic E-state index is 0.0264. The van der Waals surface area contributed by atoms with Gasteiger partial charge < -0.3 is 5.11 Å². The molecule has 106 valence electrons. The van der Waals surface area contributed by atoms with E-state index in [0.717, 1.165) is 12.1 Å². The maximum atomic E-state index is 13.2. The van der Waals surface area contributed by atoms with Gasteiger partial charge in [0, 0.05) is 13.0 Å². The van der Waals surface area contributed by atoms with Gasteiger partial charge in [-0.1, -0.05) is 11.6 Å². The molecule has 0 bridgehead atoms. The van der Waals surface area contributed by atoms with Crippen molar-refractivity contribution >= 4 is 27.6 Å². The van der Waals surface area contributed by atoms with Crippen molar-refractivity contribution in [2.75, 3.05) is 6.54 Å². The highest BCUT2D eigenvalue weighted by atomic mass is 35.5. The van der Waals surface area contributed by atoms with Crippen LogP contribution in [0, 0.1) is 12.7 Å². The number of aliphatic carboxylic acids is 1. The normalized spacial score (nSPS) is 11.5. The van der Waals surface area contributed by atoms with Crippen molar-refractivity contribution in [1.82, 2.24) is 4.72 Å². The van der Waals surface area contributed by atoms with Crippen LogP contribution >= 0.6 is 11.6 Å². The molecule has 0 amide bonds. The number of carboxylic acids is 1. The highest BCUT2D eigenvalue weighted by molar-refractivity contribution is 7.89. The zero-order chi connectivity index (χ0) is 14.6. The van der Waals surface area contributed by atoms with Gasteiger partial charge in [0.15, 0.2) is 0 Å². The van der Waals surface area contributed by atoms with E-state index in [1.165, 1.54) is 6.92 Å². The van der Waals surface area contributed by atoms with E-state index < -0.39 is 21.8 Å². The van der Waals surface area contributed by atoms with Crippen molar-refractivity contribution in [3.63, 3.8) is 0 Å². The Morgan fingerprint density at radius 2 is 2.11 bits per heavy atom. The van der Waals surface area contributed by atoms with Gasteiger partial charge in [-0.25, -0.2) is 17.5 Å². The molecule has 0 aliphatic rings. The van der Waals surface area contributed by atoms with Crippen molar-refractivity contribution in [2.45, 2.75) is 24.7 Å². The van der Waals surface area contributed by atoms with Crippen LogP contribution in [0.2, 0.25) is 5.02 Å². The molecule has 2 N–H and O–H groups in total. The second-order valence-corrected chi connectivity index (χ2v) is 6.07. The van der Waals surface area contributed by atoms with Crippen molar-refractivity contribution in [1.29, 1.82) is 0 Å². The molecule has 0 heterocycles. The third-order valence-corrected chi connectivity index (χ3v) is 4.29. The van der Waals surface area contributed by atoms with Gasteiger partial charge in [0.2, 0.25) is 10.0 Å². The van der Waals surface area contributed by atoms with E-state index in [4.69, 9.17) is 16.7 Å². The Balaban J connectivity index is 2.83. The number of carboxylic acid groups (broad SMARTS) is 1. The van der Waals surface area contributed by atoms with E-state index in [9.17, 15) is 17.6 Å². The lowest BCUT2D eigenvalue weighted by Crippen LogP contribution is -2.25. The summed E-state index contributed by atoms with van der Waals surface area (Å²) in [5.74, 6) is -1.59. The smallest absolute Gasteiger partial charge is 0.303 e. The summed E-state index contributed by atoms with van der Waals surface area (Å²) < 4.78 is 39.2. The van der Waals surface area contributed by atoms with Crippen LogP contribution in [0.1, 0.15) is 18.4 Å². The zero-order valence-electron chi connectivity index (χ0n) is 10.1. The molecule has 0 aliphatic carbocycles. The number of sulfonamides is 1. The lowest BCUT2D eigenvalue weighted by Gasteiger charge is -2.09. The van der Waals surface area contributed by atoms with Gasteiger partial charge in [-0.05, 0) is 31.0 Å². The van der Waals surface area contributed by atoms with E-state index in [1.807, 2.05) is 0 Å². The first-order valence-electron chi connectivity index (χ1n) is 5.41. The van der Waals surface area contributed by atoms with Crippen LogP contribution in [-0.2, 0) is 14.8 Å². The third-order valence-electron chi connectivity index (χ3n) is 2.36. The zero-order valence-corrected chi connectivity index (χ0v) is 11.7. The molecule has 0 atom stereocenters. The molecule has 5 nitrogen and oxygen atoms in total.